The maximum absolute atomic E-state index is 12.0. The SMILES string of the molecule is C=C(C)C(=O)OCC(C)(O)C(F)(F)F. The third-order valence-corrected chi connectivity index (χ3v) is 1.44. The van der Waals surface area contributed by atoms with Crippen LogP contribution in [0.3, 0.4) is 0 Å². The Morgan fingerprint density at radius 2 is 1.93 bits per heavy atom. The molecule has 1 atom stereocenters. The number of alkyl halides is 3. The van der Waals surface area contributed by atoms with Crippen molar-refractivity contribution >= 4 is 5.97 Å². The number of carbonyl (C=O) groups is 1. The summed E-state index contributed by atoms with van der Waals surface area (Å²) in [6.07, 6.45) is -4.83. The average Bonchev–Trinajstić information content (AvgIpc) is 1.97. The standard InChI is InChI=1S/C8H11F3O3/c1-5(2)6(12)14-4-7(3,13)8(9,10)11/h13H,1,4H2,2-3H3. The second-order valence-electron chi connectivity index (χ2n) is 3.13. The first-order valence-corrected chi connectivity index (χ1v) is 3.69. The van der Waals surface area contributed by atoms with E-state index in [1.54, 1.807) is 0 Å². The number of ether oxygens (including phenoxy) is 1. The molecule has 0 radical (unpaired) electrons. The Morgan fingerprint density at radius 3 is 2.21 bits per heavy atom. The van der Waals surface area contributed by atoms with Gasteiger partial charge in [-0.3, -0.25) is 0 Å². The van der Waals surface area contributed by atoms with Crippen LogP contribution < -0.4 is 0 Å². The van der Waals surface area contributed by atoms with Crippen LogP contribution in [0.4, 0.5) is 13.2 Å². The molecule has 14 heavy (non-hydrogen) atoms. The fourth-order valence-corrected chi connectivity index (χ4v) is 0.411. The average molecular weight is 212 g/mol. The van der Waals surface area contributed by atoms with E-state index in [1.807, 2.05) is 0 Å². The van der Waals surface area contributed by atoms with Crippen molar-refractivity contribution in [2.45, 2.75) is 25.6 Å². The van der Waals surface area contributed by atoms with Gasteiger partial charge in [0.1, 0.15) is 6.61 Å². The highest BCUT2D eigenvalue weighted by molar-refractivity contribution is 5.86. The van der Waals surface area contributed by atoms with E-state index in [1.165, 1.54) is 6.92 Å². The van der Waals surface area contributed by atoms with Crippen molar-refractivity contribution in [3.05, 3.63) is 12.2 Å². The fraction of sp³-hybridized carbons (Fsp3) is 0.625. The molecule has 1 unspecified atom stereocenters. The summed E-state index contributed by atoms with van der Waals surface area (Å²) in [6, 6.07) is 0. The van der Waals surface area contributed by atoms with E-state index in [0.717, 1.165) is 0 Å². The summed E-state index contributed by atoms with van der Waals surface area (Å²) in [4.78, 5) is 10.7. The molecule has 0 aliphatic rings. The Morgan fingerprint density at radius 1 is 1.50 bits per heavy atom. The zero-order valence-electron chi connectivity index (χ0n) is 7.81. The Hall–Kier alpha value is -1.04. The Labute approximate surface area is 79.2 Å². The number of aliphatic hydroxyl groups is 1. The predicted molar refractivity (Wildman–Crippen MR) is 42.5 cm³/mol. The first-order chi connectivity index (χ1) is 6.08. The lowest BCUT2D eigenvalue weighted by molar-refractivity contribution is -0.265. The van der Waals surface area contributed by atoms with Gasteiger partial charge in [0.15, 0.2) is 5.60 Å². The molecule has 0 aliphatic heterocycles. The van der Waals surface area contributed by atoms with Crippen LogP contribution in [0.15, 0.2) is 12.2 Å². The fourth-order valence-electron chi connectivity index (χ4n) is 0.411. The molecule has 0 spiro atoms. The molecule has 0 amide bonds. The molecule has 0 aromatic heterocycles. The molecular weight excluding hydrogens is 201 g/mol. The van der Waals surface area contributed by atoms with Crippen LogP contribution >= 0.6 is 0 Å². The minimum Gasteiger partial charge on any atom is -0.459 e. The van der Waals surface area contributed by atoms with E-state index in [2.05, 4.69) is 11.3 Å². The highest BCUT2D eigenvalue weighted by Crippen LogP contribution is 2.30. The zero-order valence-corrected chi connectivity index (χ0v) is 7.81. The van der Waals surface area contributed by atoms with Gasteiger partial charge in [-0.25, -0.2) is 4.79 Å². The van der Waals surface area contributed by atoms with Crippen molar-refractivity contribution < 1.29 is 27.8 Å². The molecule has 1 N–H and O–H groups in total. The molecule has 3 nitrogen and oxygen atoms in total. The second-order valence-corrected chi connectivity index (χ2v) is 3.13. The summed E-state index contributed by atoms with van der Waals surface area (Å²) >= 11 is 0. The van der Waals surface area contributed by atoms with Gasteiger partial charge in [0.25, 0.3) is 0 Å². The van der Waals surface area contributed by atoms with Gasteiger partial charge in [-0.1, -0.05) is 6.58 Å². The monoisotopic (exact) mass is 212 g/mol. The van der Waals surface area contributed by atoms with Crippen molar-refractivity contribution in [2.75, 3.05) is 6.61 Å². The molecule has 0 saturated carbocycles. The molecule has 0 rings (SSSR count). The van der Waals surface area contributed by atoms with Crippen molar-refractivity contribution in [3.63, 3.8) is 0 Å². The van der Waals surface area contributed by atoms with E-state index < -0.39 is 24.4 Å². The zero-order chi connectivity index (χ0) is 11.6. The Kier molecular flexibility index (Phi) is 3.70. The number of hydrogen-bond acceptors (Lipinski definition) is 3. The third-order valence-electron chi connectivity index (χ3n) is 1.44. The molecule has 0 aliphatic carbocycles. The summed E-state index contributed by atoms with van der Waals surface area (Å²) in [7, 11) is 0. The summed E-state index contributed by atoms with van der Waals surface area (Å²) in [5, 5.41) is 8.85. The summed E-state index contributed by atoms with van der Waals surface area (Å²) in [6.45, 7) is 3.87. The molecule has 0 saturated heterocycles. The molecule has 82 valence electrons. The lowest BCUT2D eigenvalue weighted by Gasteiger charge is -2.25. The van der Waals surface area contributed by atoms with Gasteiger partial charge in [0.2, 0.25) is 0 Å². The minimum absolute atomic E-state index is 0.0250. The molecule has 0 aromatic carbocycles. The smallest absolute Gasteiger partial charge is 0.420 e. The van der Waals surface area contributed by atoms with Crippen LogP contribution in [0.1, 0.15) is 13.8 Å². The lowest BCUT2D eigenvalue weighted by atomic mass is 10.1. The molecule has 0 fully saturated rings. The van der Waals surface area contributed by atoms with Crippen LogP contribution in [0.2, 0.25) is 0 Å². The maximum atomic E-state index is 12.0. The van der Waals surface area contributed by atoms with E-state index in [0.29, 0.717) is 6.92 Å². The first-order valence-electron chi connectivity index (χ1n) is 3.69. The van der Waals surface area contributed by atoms with Crippen molar-refractivity contribution in [1.29, 1.82) is 0 Å². The van der Waals surface area contributed by atoms with Gasteiger partial charge in [-0.05, 0) is 13.8 Å². The van der Waals surface area contributed by atoms with Gasteiger partial charge in [0.05, 0.1) is 0 Å². The summed E-state index contributed by atoms with van der Waals surface area (Å²) in [5.41, 5.74) is -3.05. The van der Waals surface area contributed by atoms with Gasteiger partial charge in [0, 0.05) is 5.57 Å². The number of halogens is 3. The number of rotatable bonds is 3. The molecule has 0 heterocycles. The first kappa shape index (κ1) is 13.0. The number of hydrogen-bond donors (Lipinski definition) is 1. The van der Waals surface area contributed by atoms with Crippen LogP contribution in [0.5, 0.6) is 0 Å². The quantitative estimate of drug-likeness (QED) is 0.568. The Bertz CT molecular complexity index is 243. The van der Waals surface area contributed by atoms with Gasteiger partial charge in [-0.15, -0.1) is 0 Å². The molecule has 0 aromatic rings. The van der Waals surface area contributed by atoms with Crippen molar-refractivity contribution in [2.24, 2.45) is 0 Å². The largest absolute Gasteiger partial charge is 0.459 e. The maximum Gasteiger partial charge on any atom is 0.420 e. The normalized spacial score (nSPS) is 15.9. The van der Waals surface area contributed by atoms with Gasteiger partial charge < -0.3 is 9.84 Å². The van der Waals surface area contributed by atoms with E-state index in [9.17, 15) is 18.0 Å². The van der Waals surface area contributed by atoms with E-state index in [-0.39, 0.29) is 5.57 Å². The number of carbonyl (C=O) groups excluding carboxylic acids is 1. The van der Waals surface area contributed by atoms with Crippen molar-refractivity contribution in [3.8, 4) is 0 Å². The summed E-state index contributed by atoms with van der Waals surface area (Å²) in [5.74, 6) is -0.963. The van der Waals surface area contributed by atoms with E-state index >= 15 is 0 Å². The number of esters is 1. The second kappa shape index (κ2) is 4.00. The minimum atomic E-state index is -4.83. The topological polar surface area (TPSA) is 46.5 Å². The highest BCUT2D eigenvalue weighted by atomic mass is 19.4. The van der Waals surface area contributed by atoms with Crippen LogP contribution in [-0.4, -0.2) is 29.5 Å². The summed E-state index contributed by atoms with van der Waals surface area (Å²) < 4.78 is 40.2. The van der Waals surface area contributed by atoms with E-state index in [4.69, 9.17) is 5.11 Å². The van der Waals surface area contributed by atoms with Crippen LogP contribution in [0.25, 0.3) is 0 Å². The highest BCUT2D eigenvalue weighted by Gasteiger charge is 2.50. The van der Waals surface area contributed by atoms with Crippen LogP contribution in [0, 0.1) is 0 Å². The predicted octanol–water partition coefficient (Wildman–Crippen LogP) is 1.42. The molecular formula is C8H11F3O3. The lowest BCUT2D eigenvalue weighted by Crippen LogP contribution is -2.46. The molecule has 6 heteroatoms. The van der Waals surface area contributed by atoms with Crippen LogP contribution in [-0.2, 0) is 9.53 Å². The van der Waals surface area contributed by atoms with Gasteiger partial charge in [-0.2, -0.15) is 13.2 Å². The molecule has 0 bridgehead atoms. The van der Waals surface area contributed by atoms with Crippen molar-refractivity contribution in [1.82, 2.24) is 0 Å². The third kappa shape index (κ3) is 3.37. The van der Waals surface area contributed by atoms with Gasteiger partial charge >= 0.3 is 12.1 Å². The Balaban J connectivity index is 4.27.